The highest BCUT2D eigenvalue weighted by Crippen LogP contribution is 2.32. The van der Waals surface area contributed by atoms with Gasteiger partial charge >= 0.3 is 5.38 Å². The van der Waals surface area contributed by atoms with Crippen LogP contribution in [0.3, 0.4) is 0 Å². The summed E-state index contributed by atoms with van der Waals surface area (Å²) in [7, 11) is 1.62. The third kappa shape index (κ3) is 3.64. The maximum atomic E-state index is 13.7. The maximum Gasteiger partial charge on any atom is 0.364 e. The molecule has 0 aromatic carbocycles. The Kier molecular flexibility index (Phi) is 4.90. The van der Waals surface area contributed by atoms with Gasteiger partial charge < -0.3 is 4.90 Å². The molecule has 0 spiro atoms. The minimum Gasteiger partial charge on any atom is -0.336 e. The molecule has 3 aromatic heterocycles. The Morgan fingerprint density at radius 2 is 2.04 bits per heavy atom. The van der Waals surface area contributed by atoms with Gasteiger partial charge in [-0.3, -0.25) is 9.48 Å². The fourth-order valence-electron chi connectivity index (χ4n) is 2.89. The molecule has 10 heteroatoms. The van der Waals surface area contributed by atoms with E-state index in [2.05, 4.69) is 15.2 Å². The fourth-order valence-corrected chi connectivity index (χ4v) is 3.02. The van der Waals surface area contributed by atoms with Gasteiger partial charge in [0.05, 0.1) is 6.20 Å². The average Bonchev–Trinajstić information content (AvgIpc) is 3.16. The predicted molar refractivity (Wildman–Crippen MR) is 95.9 cm³/mol. The van der Waals surface area contributed by atoms with E-state index in [4.69, 9.17) is 11.6 Å². The molecule has 0 saturated heterocycles. The molecule has 0 aliphatic carbocycles. The minimum absolute atomic E-state index is 0.0123. The molecule has 0 atom stereocenters. The molecule has 3 heterocycles. The van der Waals surface area contributed by atoms with Crippen LogP contribution in [0, 0.1) is 13.8 Å². The van der Waals surface area contributed by atoms with E-state index in [-0.39, 0.29) is 11.3 Å². The van der Waals surface area contributed by atoms with Crippen LogP contribution in [0.2, 0.25) is 0 Å². The second-order valence-electron chi connectivity index (χ2n) is 6.31. The minimum atomic E-state index is -3.63. The molecule has 0 aliphatic rings. The summed E-state index contributed by atoms with van der Waals surface area (Å²) in [4.78, 5) is 18.3. The summed E-state index contributed by atoms with van der Waals surface area (Å²) in [5.74, 6) is -0.411. The largest absolute Gasteiger partial charge is 0.364 e. The fraction of sp³-hybridized carbons (Fsp3) is 0.412. The summed E-state index contributed by atoms with van der Waals surface area (Å²) in [6.07, 6.45) is 1.71. The van der Waals surface area contributed by atoms with Crippen LogP contribution < -0.4 is 0 Å². The van der Waals surface area contributed by atoms with Gasteiger partial charge in [0, 0.05) is 43.2 Å². The molecule has 0 saturated carbocycles. The molecule has 7 nitrogen and oxygen atoms in total. The summed E-state index contributed by atoms with van der Waals surface area (Å²) >= 11 is 5.18. The van der Waals surface area contributed by atoms with E-state index in [1.54, 1.807) is 20.2 Å². The van der Waals surface area contributed by atoms with Gasteiger partial charge in [-0.15, -0.1) is 0 Å². The molecule has 3 aromatic rings. The monoisotopic (exact) mass is 396 g/mol. The van der Waals surface area contributed by atoms with E-state index in [1.807, 2.05) is 18.5 Å². The van der Waals surface area contributed by atoms with Crippen molar-refractivity contribution >= 4 is 23.2 Å². The van der Waals surface area contributed by atoms with Crippen LogP contribution in [0.25, 0.3) is 5.65 Å². The number of halogens is 3. The zero-order chi connectivity index (χ0) is 19.9. The Morgan fingerprint density at radius 1 is 1.33 bits per heavy atom. The lowest BCUT2D eigenvalue weighted by Crippen LogP contribution is -2.27. The van der Waals surface area contributed by atoms with Crippen molar-refractivity contribution in [3.63, 3.8) is 0 Å². The van der Waals surface area contributed by atoms with Crippen molar-refractivity contribution in [2.24, 2.45) is 0 Å². The Hall–Kier alpha value is -2.55. The number of fused-ring (bicyclic) bond motifs is 1. The molecule has 144 valence electrons. The molecule has 0 fully saturated rings. The predicted octanol–water partition coefficient (Wildman–Crippen LogP) is 3.12. The molecule has 3 rings (SSSR count). The number of aromatic nitrogens is 5. The number of hydrogen-bond acceptors (Lipinski definition) is 4. The van der Waals surface area contributed by atoms with E-state index in [1.165, 1.54) is 11.0 Å². The molecule has 0 unspecified atom stereocenters. The Morgan fingerprint density at radius 3 is 2.63 bits per heavy atom. The number of alkyl halides is 3. The van der Waals surface area contributed by atoms with Gasteiger partial charge in [-0.25, -0.2) is 9.50 Å². The molecule has 27 heavy (non-hydrogen) atoms. The van der Waals surface area contributed by atoms with Gasteiger partial charge in [0.1, 0.15) is 5.69 Å². The topological polar surface area (TPSA) is 68.3 Å². The van der Waals surface area contributed by atoms with E-state index in [9.17, 15) is 13.6 Å². The lowest BCUT2D eigenvalue weighted by atomic mass is 10.2. The first-order valence-corrected chi connectivity index (χ1v) is 8.71. The first kappa shape index (κ1) is 19.2. The van der Waals surface area contributed by atoms with Crippen molar-refractivity contribution in [1.29, 1.82) is 0 Å². The zero-order valence-electron chi connectivity index (χ0n) is 15.4. The summed E-state index contributed by atoms with van der Waals surface area (Å²) in [6, 6.07) is 2.52. The molecule has 0 radical (unpaired) electrons. The van der Waals surface area contributed by atoms with E-state index >= 15 is 0 Å². The SMILES string of the molecule is CCn1ncc(CN(C)C(=O)c2cc3nc(C)cc(C(F)(F)Cl)n3n2)c1C. The Labute approximate surface area is 159 Å². The second-order valence-corrected chi connectivity index (χ2v) is 6.79. The quantitative estimate of drug-likeness (QED) is 0.621. The van der Waals surface area contributed by atoms with Gasteiger partial charge in [-0.2, -0.15) is 19.0 Å². The number of rotatable bonds is 5. The van der Waals surface area contributed by atoms with Crippen LogP contribution in [0.5, 0.6) is 0 Å². The van der Waals surface area contributed by atoms with Crippen LogP contribution in [0.1, 0.15) is 40.1 Å². The zero-order valence-corrected chi connectivity index (χ0v) is 16.1. The first-order valence-electron chi connectivity index (χ1n) is 8.33. The van der Waals surface area contributed by atoms with E-state index in [0.717, 1.165) is 28.4 Å². The van der Waals surface area contributed by atoms with Gasteiger partial charge in [-0.05, 0) is 38.4 Å². The Balaban J connectivity index is 1.92. The van der Waals surface area contributed by atoms with Crippen molar-refractivity contribution in [2.75, 3.05) is 7.05 Å². The molecule has 1 amide bonds. The van der Waals surface area contributed by atoms with Crippen molar-refractivity contribution in [3.05, 3.63) is 46.7 Å². The van der Waals surface area contributed by atoms with Crippen molar-refractivity contribution in [2.45, 2.75) is 39.2 Å². The maximum absolute atomic E-state index is 13.7. The number of nitrogens with zero attached hydrogens (tertiary/aromatic N) is 6. The third-order valence-corrected chi connectivity index (χ3v) is 4.52. The van der Waals surface area contributed by atoms with Crippen LogP contribution in [-0.4, -0.2) is 42.2 Å². The van der Waals surface area contributed by atoms with Gasteiger partial charge in [0.2, 0.25) is 0 Å². The van der Waals surface area contributed by atoms with Gasteiger partial charge in [0.15, 0.2) is 11.3 Å². The van der Waals surface area contributed by atoms with Crippen molar-refractivity contribution < 1.29 is 13.6 Å². The smallest absolute Gasteiger partial charge is 0.336 e. The number of hydrogen-bond donors (Lipinski definition) is 0. The van der Waals surface area contributed by atoms with Crippen molar-refractivity contribution in [3.8, 4) is 0 Å². The number of carbonyl (C=O) groups excluding carboxylic acids is 1. The molecule has 0 N–H and O–H groups in total. The highest BCUT2D eigenvalue weighted by molar-refractivity contribution is 6.21. The summed E-state index contributed by atoms with van der Waals surface area (Å²) in [6.45, 7) is 6.53. The average molecular weight is 397 g/mol. The standard InChI is InChI=1S/C17H19ClF2N6O/c1-5-25-11(3)12(8-21-25)9-24(4)16(27)13-7-15-22-10(2)6-14(17(18,19)20)26(15)23-13/h6-8H,5,9H2,1-4H3. The molecular weight excluding hydrogens is 378 g/mol. The highest BCUT2D eigenvalue weighted by Gasteiger charge is 2.33. The van der Waals surface area contributed by atoms with Crippen LogP contribution >= 0.6 is 11.6 Å². The number of amides is 1. The van der Waals surface area contributed by atoms with Gasteiger partial charge in [-0.1, -0.05) is 0 Å². The third-order valence-electron chi connectivity index (χ3n) is 4.32. The molecule has 0 aliphatic heterocycles. The number of carbonyl (C=O) groups is 1. The Bertz CT molecular complexity index is 1010. The van der Waals surface area contributed by atoms with Gasteiger partial charge in [0.25, 0.3) is 5.91 Å². The second kappa shape index (κ2) is 6.88. The van der Waals surface area contributed by atoms with E-state index < -0.39 is 17.0 Å². The summed E-state index contributed by atoms with van der Waals surface area (Å²) < 4.78 is 30.1. The summed E-state index contributed by atoms with van der Waals surface area (Å²) in [5.41, 5.74) is 1.84. The normalized spacial score (nSPS) is 12.0. The summed E-state index contributed by atoms with van der Waals surface area (Å²) in [5, 5.41) is 4.63. The lowest BCUT2D eigenvalue weighted by molar-refractivity contribution is 0.0772. The van der Waals surface area contributed by atoms with Crippen LogP contribution in [-0.2, 0) is 18.5 Å². The first-order chi connectivity index (χ1) is 12.6. The number of aryl methyl sites for hydroxylation is 2. The molecule has 0 bridgehead atoms. The molecular formula is C17H19ClF2N6O. The highest BCUT2D eigenvalue weighted by atomic mass is 35.5. The van der Waals surface area contributed by atoms with Crippen LogP contribution in [0.15, 0.2) is 18.3 Å². The van der Waals surface area contributed by atoms with E-state index in [0.29, 0.717) is 12.2 Å². The van der Waals surface area contributed by atoms with Crippen LogP contribution in [0.4, 0.5) is 8.78 Å². The lowest BCUT2D eigenvalue weighted by Gasteiger charge is -2.15. The van der Waals surface area contributed by atoms with Crippen molar-refractivity contribution in [1.82, 2.24) is 29.3 Å².